The molecule has 0 fully saturated rings. The van der Waals surface area contributed by atoms with Crippen LogP contribution in [0.3, 0.4) is 0 Å². The van der Waals surface area contributed by atoms with Crippen LogP contribution in [-0.4, -0.2) is 29.9 Å². The molecule has 0 bridgehead atoms. The SMILES string of the molecule is CCCCCCCCCCCCCCC(O)CCCCCCS(=O)(=O)O. The molecule has 0 saturated heterocycles. The quantitative estimate of drug-likeness (QED) is 0.189. The highest BCUT2D eigenvalue weighted by Gasteiger charge is 2.05. The maximum Gasteiger partial charge on any atom is 0.264 e. The standard InChI is InChI=1S/C21H44O4S/c1-2-3-4-5-6-7-8-9-10-11-12-15-18-21(22)19-16-13-14-17-20-26(23,24)25/h21-22H,2-20H2,1H3,(H,23,24,25). The van der Waals surface area contributed by atoms with E-state index in [0.717, 1.165) is 38.5 Å². The molecule has 0 rings (SSSR count). The zero-order valence-electron chi connectivity index (χ0n) is 17.1. The predicted octanol–water partition coefficient (Wildman–Crippen LogP) is 6.28. The topological polar surface area (TPSA) is 74.6 Å². The summed E-state index contributed by atoms with van der Waals surface area (Å²) in [5.74, 6) is -0.144. The van der Waals surface area contributed by atoms with Crippen LogP contribution in [0.4, 0.5) is 0 Å². The number of rotatable bonds is 20. The highest BCUT2D eigenvalue weighted by molar-refractivity contribution is 7.85. The Balaban J connectivity index is 3.20. The van der Waals surface area contributed by atoms with Gasteiger partial charge in [0.1, 0.15) is 0 Å². The second-order valence-electron chi connectivity index (χ2n) is 7.82. The van der Waals surface area contributed by atoms with Crippen LogP contribution in [0.25, 0.3) is 0 Å². The third kappa shape index (κ3) is 21.9. The molecule has 0 aromatic heterocycles. The zero-order chi connectivity index (χ0) is 19.5. The van der Waals surface area contributed by atoms with Crippen LogP contribution in [0.5, 0.6) is 0 Å². The second-order valence-corrected chi connectivity index (χ2v) is 9.39. The largest absolute Gasteiger partial charge is 0.393 e. The lowest BCUT2D eigenvalue weighted by Gasteiger charge is -2.10. The van der Waals surface area contributed by atoms with Gasteiger partial charge in [-0.2, -0.15) is 8.42 Å². The summed E-state index contributed by atoms with van der Waals surface area (Å²) >= 11 is 0. The zero-order valence-corrected chi connectivity index (χ0v) is 17.9. The van der Waals surface area contributed by atoms with E-state index in [0.29, 0.717) is 6.42 Å². The van der Waals surface area contributed by atoms with Crippen molar-refractivity contribution in [3.05, 3.63) is 0 Å². The Hall–Kier alpha value is -0.130. The molecule has 0 saturated carbocycles. The molecule has 0 aliphatic rings. The summed E-state index contributed by atoms with van der Waals surface area (Å²) in [7, 11) is -3.81. The molecule has 0 amide bonds. The monoisotopic (exact) mass is 392 g/mol. The molecule has 0 radical (unpaired) electrons. The Morgan fingerprint density at radius 1 is 0.615 bits per heavy atom. The summed E-state index contributed by atoms with van der Waals surface area (Å²) < 4.78 is 29.8. The van der Waals surface area contributed by atoms with Crippen molar-refractivity contribution in [2.24, 2.45) is 0 Å². The second kappa shape index (κ2) is 18.2. The van der Waals surface area contributed by atoms with E-state index in [4.69, 9.17) is 4.55 Å². The molecule has 4 nitrogen and oxygen atoms in total. The fourth-order valence-corrected chi connectivity index (χ4v) is 3.95. The molecule has 0 spiro atoms. The average molecular weight is 393 g/mol. The minimum atomic E-state index is -3.81. The van der Waals surface area contributed by atoms with Crippen molar-refractivity contribution in [3.8, 4) is 0 Å². The van der Waals surface area contributed by atoms with Crippen LogP contribution in [0.1, 0.15) is 122 Å². The van der Waals surface area contributed by atoms with E-state index >= 15 is 0 Å². The Labute approximate surface area is 162 Å². The van der Waals surface area contributed by atoms with Crippen LogP contribution < -0.4 is 0 Å². The number of aliphatic hydroxyl groups excluding tert-OH is 1. The summed E-state index contributed by atoms with van der Waals surface area (Å²) in [5.41, 5.74) is 0. The van der Waals surface area contributed by atoms with E-state index in [-0.39, 0.29) is 11.9 Å². The molecule has 1 unspecified atom stereocenters. The van der Waals surface area contributed by atoms with Crippen molar-refractivity contribution in [1.29, 1.82) is 0 Å². The first kappa shape index (κ1) is 25.9. The molecule has 0 aliphatic carbocycles. The van der Waals surface area contributed by atoms with Crippen molar-refractivity contribution < 1.29 is 18.1 Å². The van der Waals surface area contributed by atoms with E-state index in [1.54, 1.807) is 0 Å². The summed E-state index contributed by atoms with van der Waals surface area (Å²) in [6, 6.07) is 0. The highest BCUT2D eigenvalue weighted by Crippen LogP contribution is 2.15. The van der Waals surface area contributed by atoms with Crippen molar-refractivity contribution in [2.45, 2.75) is 129 Å². The van der Waals surface area contributed by atoms with E-state index in [1.165, 1.54) is 70.6 Å². The van der Waals surface area contributed by atoms with Gasteiger partial charge in [0.2, 0.25) is 0 Å². The van der Waals surface area contributed by atoms with Gasteiger partial charge in [0.25, 0.3) is 10.1 Å². The van der Waals surface area contributed by atoms with Crippen molar-refractivity contribution in [3.63, 3.8) is 0 Å². The van der Waals surface area contributed by atoms with Crippen LogP contribution in [0.15, 0.2) is 0 Å². The van der Waals surface area contributed by atoms with Gasteiger partial charge in [-0.25, -0.2) is 0 Å². The molecule has 2 N–H and O–H groups in total. The first-order valence-corrected chi connectivity index (χ1v) is 12.7. The molecular formula is C21H44O4S. The maximum absolute atomic E-state index is 10.6. The van der Waals surface area contributed by atoms with E-state index in [1.807, 2.05) is 0 Å². The van der Waals surface area contributed by atoms with Crippen LogP contribution in [0, 0.1) is 0 Å². The van der Waals surface area contributed by atoms with Crippen molar-refractivity contribution in [1.82, 2.24) is 0 Å². The first-order chi connectivity index (χ1) is 12.5. The molecule has 0 aromatic rings. The lowest BCUT2D eigenvalue weighted by molar-refractivity contribution is 0.147. The number of aliphatic hydroxyl groups is 1. The van der Waals surface area contributed by atoms with Gasteiger partial charge >= 0.3 is 0 Å². The predicted molar refractivity (Wildman–Crippen MR) is 111 cm³/mol. The van der Waals surface area contributed by atoms with Gasteiger partial charge in [0.05, 0.1) is 11.9 Å². The first-order valence-electron chi connectivity index (χ1n) is 11.1. The van der Waals surface area contributed by atoms with Crippen molar-refractivity contribution in [2.75, 3.05) is 5.75 Å². The molecular weight excluding hydrogens is 348 g/mol. The third-order valence-corrected chi connectivity index (χ3v) is 5.89. The highest BCUT2D eigenvalue weighted by atomic mass is 32.2. The Morgan fingerprint density at radius 2 is 0.962 bits per heavy atom. The lowest BCUT2D eigenvalue weighted by atomic mass is 10.0. The molecule has 1 atom stereocenters. The van der Waals surface area contributed by atoms with Crippen LogP contribution in [-0.2, 0) is 10.1 Å². The van der Waals surface area contributed by atoms with Gasteiger partial charge in [0, 0.05) is 0 Å². The minimum absolute atomic E-state index is 0.144. The normalized spacial score (nSPS) is 13.2. The Kier molecular flexibility index (Phi) is 18.2. The van der Waals surface area contributed by atoms with Crippen molar-refractivity contribution >= 4 is 10.1 Å². The van der Waals surface area contributed by atoms with E-state index < -0.39 is 10.1 Å². The maximum atomic E-state index is 10.6. The minimum Gasteiger partial charge on any atom is -0.393 e. The molecule has 0 aliphatic heterocycles. The van der Waals surface area contributed by atoms with Gasteiger partial charge in [0.15, 0.2) is 0 Å². The third-order valence-electron chi connectivity index (χ3n) is 5.08. The lowest BCUT2D eigenvalue weighted by Crippen LogP contribution is -2.06. The van der Waals surface area contributed by atoms with E-state index in [9.17, 15) is 13.5 Å². The van der Waals surface area contributed by atoms with Crippen LogP contribution in [0.2, 0.25) is 0 Å². The fraction of sp³-hybridized carbons (Fsp3) is 1.00. The van der Waals surface area contributed by atoms with Gasteiger partial charge in [-0.15, -0.1) is 0 Å². The van der Waals surface area contributed by atoms with Gasteiger partial charge in [-0.3, -0.25) is 4.55 Å². The Morgan fingerprint density at radius 3 is 1.35 bits per heavy atom. The fourth-order valence-electron chi connectivity index (χ4n) is 3.38. The molecule has 0 heterocycles. The average Bonchev–Trinajstić information content (AvgIpc) is 2.58. The summed E-state index contributed by atoms with van der Waals surface area (Å²) in [6.07, 6.45) is 20.7. The number of hydrogen-bond acceptors (Lipinski definition) is 3. The smallest absolute Gasteiger partial charge is 0.264 e. The van der Waals surface area contributed by atoms with Gasteiger partial charge in [-0.1, -0.05) is 103 Å². The van der Waals surface area contributed by atoms with E-state index in [2.05, 4.69) is 6.92 Å². The summed E-state index contributed by atoms with van der Waals surface area (Å²) in [4.78, 5) is 0. The van der Waals surface area contributed by atoms with Gasteiger partial charge < -0.3 is 5.11 Å². The molecule has 0 aromatic carbocycles. The summed E-state index contributed by atoms with van der Waals surface area (Å²) in [6.45, 7) is 2.26. The van der Waals surface area contributed by atoms with Gasteiger partial charge in [-0.05, 0) is 19.3 Å². The molecule has 26 heavy (non-hydrogen) atoms. The molecule has 158 valence electrons. The molecule has 5 heteroatoms. The number of hydrogen-bond donors (Lipinski definition) is 2. The van der Waals surface area contributed by atoms with Crippen LogP contribution >= 0.6 is 0 Å². The Bertz CT molecular complexity index is 381. The summed E-state index contributed by atoms with van der Waals surface area (Å²) in [5, 5.41) is 9.96. The number of unbranched alkanes of at least 4 members (excludes halogenated alkanes) is 14.